The van der Waals surface area contributed by atoms with Crippen molar-refractivity contribution in [2.75, 3.05) is 44.7 Å². The molecule has 0 saturated carbocycles. The second-order valence-corrected chi connectivity index (χ2v) is 7.80. The van der Waals surface area contributed by atoms with Gasteiger partial charge in [0.2, 0.25) is 10.0 Å². The third-order valence-corrected chi connectivity index (χ3v) is 5.70. The molecule has 1 aromatic carbocycles. The molecule has 0 aromatic heterocycles. The standard InChI is InChI=1S/C17H29N3O3S/c1-3-4-5-6-9-19-24(21,22)15-7-8-17(23-2)16(14-15)20-12-10-18-11-13-20/h7-8,14,18-19H,3-6,9-13H2,1-2H3. The lowest BCUT2D eigenvalue weighted by Crippen LogP contribution is -2.43. The quantitative estimate of drug-likeness (QED) is 0.663. The Morgan fingerprint density at radius 3 is 2.62 bits per heavy atom. The molecule has 0 unspecified atom stereocenters. The highest BCUT2D eigenvalue weighted by Gasteiger charge is 2.20. The number of methoxy groups -OCH3 is 1. The van der Waals surface area contributed by atoms with Crippen LogP contribution in [0.4, 0.5) is 5.69 Å². The van der Waals surface area contributed by atoms with Crippen molar-refractivity contribution < 1.29 is 13.2 Å². The Morgan fingerprint density at radius 2 is 1.96 bits per heavy atom. The van der Waals surface area contributed by atoms with Gasteiger partial charge in [-0.3, -0.25) is 0 Å². The van der Waals surface area contributed by atoms with E-state index in [1.807, 2.05) is 0 Å². The third kappa shape index (κ3) is 5.09. The number of hydrogen-bond acceptors (Lipinski definition) is 5. The highest BCUT2D eigenvalue weighted by atomic mass is 32.2. The summed E-state index contributed by atoms with van der Waals surface area (Å²) in [5.74, 6) is 0.707. The Morgan fingerprint density at radius 1 is 1.21 bits per heavy atom. The Kier molecular flexibility index (Phi) is 7.33. The van der Waals surface area contributed by atoms with Crippen molar-refractivity contribution >= 4 is 15.7 Å². The average molecular weight is 356 g/mol. The molecule has 136 valence electrons. The minimum Gasteiger partial charge on any atom is -0.495 e. The molecule has 1 aliphatic rings. The minimum atomic E-state index is -3.48. The van der Waals surface area contributed by atoms with E-state index in [0.29, 0.717) is 17.2 Å². The first kappa shape index (κ1) is 19.0. The van der Waals surface area contributed by atoms with Crippen LogP contribution < -0.4 is 19.7 Å². The van der Waals surface area contributed by atoms with E-state index >= 15 is 0 Å². The van der Waals surface area contributed by atoms with Crippen molar-refractivity contribution in [2.24, 2.45) is 0 Å². The number of nitrogens with one attached hydrogen (secondary N) is 2. The molecule has 1 aromatic rings. The van der Waals surface area contributed by atoms with Crippen LogP contribution in [0.15, 0.2) is 23.1 Å². The van der Waals surface area contributed by atoms with Gasteiger partial charge in [0.1, 0.15) is 5.75 Å². The zero-order valence-corrected chi connectivity index (χ0v) is 15.5. The van der Waals surface area contributed by atoms with E-state index in [9.17, 15) is 8.42 Å². The van der Waals surface area contributed by atoms with Gasteiger partial charge in [-0.25, -0.2) is 13.1 Å². The van der Waals surface area contributed by atoms with Crippen LogP contribution >= 0.6 is 0 Å². The van der Waals surface area contributed by atoms with Crippen molar-refractivity contribution in [1.82, 2.24) is 10.0 Å². The number of rotatable bonds is 9. The summed E-state index contributed by atoms with van der Waals surface area (Å²) in [7, 11) is -1.87. The number of benzene rings is 1. The van der Waals surface area contributed by atoms with Crippen LogP contribution in [0.1, 0.15) is 32.6 Å². The number of sulfonamides is 1. The van der Waals surface area contributed by atoms with Crippen LogP contribution in [0.2, 0.25) is 0 Å². The van der Waals surface area contributed by atoms with E-state index < -0.39 is 10.0 Å². The Hall–Kier alpha value is -1.31. The molecule has 7 heteroatoms. The molecule has 0 atom stereocenters. The first-order chi connectivity index (χ1) is 11.6. The SMILES string of the molecule is CCCCCCNS(=O)(=O)c1ccc(OC)c(N2CCNCC2)c1. The van der Waals surface area contributed by atoms with Gasteiger partial charge in [-0.05, 0) is 24.6 Å². The normalized spacial score (nSPS) is 15.5. The van der Waals surface area contributed by atoms with Crippen molar-refractivity contribution in [3.63, 3.8) is 0 Å². The van der Waals surface area contributed by atoms with Crippen LogP contribution in [-0.4, -0.2) is 48.3 Å². The summed E-state index contributed by atoms with van der Waals surface area (Å²) in [6, 6.07) is 5.07. The van der Waals surface area contributed by atoms with Gasteiger partial charge in [0.15, 0.2) is 0 Å². The van der Waals surface area contributed by atoms with Crippen molar-refractivity contribution in [3.8, 4) is 5.75 Å². The minimum absolute atomic E-state index is 0.298. The Labute approximate surface area is 145 Å². The molecule has 0 aliphatic carbocycles. The van der Waals surface area contributed by atoms with E-state index in [0.717, 1.165) is 57.5 Å². The zero-order valence-electron chi connectivity index (χ0n) is 14.7. The third-order valence-electron chi connectivity index (χ3n) is 4.24. The topological polar surface area (TPSA) is 70.7 Å². The van der Waals surface area contributed by atoms with Gasteiger partial charge in [-0.15, -0.1) is 0 Å². The lowest BCUT2D eigenvalue weighted by atomic mass is 10.2. The second kappa shape index (κ2) is 9.25. The van der Waals surface area contributed by atoms with Crippen LogP contribution in [0, 0.1) is 0 Å². The first-order valence-electron chi connectivity index (χ1n) is 8.72. The largest absolute Gasteiger partial charge is 0.495 e. The molecular weight excluding hydrogens is 326 g/mol. The summed E-state index contributed by atoms with van der Waals surface area (Å²) in [6.07, 6.45) is 4.19. The maximum absolute atomic E-state index is 12.5. The second-order valence-electron chi connectivity index (χ2n) is 6.03. The average Bonchev–Trinajstić information content (AvgIpc) is 2.61. The number of unbranched alkanes of at least 4 members (excludes halogenated alkanes) is 3. The smallest absolute Gasteiger partial charge is 0.240 e. The van der Waals surface area contributed by atoms with Gasteiger partial charge in [0.25, 0.3) is 0 Å². The van der Waals surface area contributed by atoms with Gasteiger partial charge in [0, 0.05) is 32.7 Å². The van der Waals surface area contributed by atoms with E-state index in [1.165, 1.54) is 0 Å². The van der Waals surface area contributed by atoms with Gasteiger partial charge in [0.05, 0.1) is 17.7 Å². The van der Waals surface area contributed by atoms with Crippen molar-refractivity contribution in [2.45, 2.75) is 37.5 Å². The molecule has 6 nitrogen and oxygen atoms in total. The van der Waals surface area contributed by atoms with Crippen LogP contribution in [-0.2, 0) is 10.0 Å². The molecule has 0 amide bonds. The number of anilines is 1. The van der Waals surface area contributed by atoms with Crippen LogP contribution in [0.5, 0.6) is 5.75 Å². The van der Waals surface area contributed by atoms with E-state index in [4.69, 9.17) is 4.74 Å². The van der Waals surface area contributed by atoms with Crippen molar-refractivity contribution in [1.29, 1.82) is 0 Å². The monoisotopic (exact) mass is 355 g/mol. The maximum Gasteiger partial charge on any atom is 0.240 e. The summed E-state index contributed by atoms with van der Waals surface area (Å²) in [4.78, 5) is 2.46. The van der Waals surface area contributed by atoms with Gasteiger partial charge in [-0.1, -0.05) is 26.2 Å². The van der Waals surface area contributed by atoms with Crippen LogP contribution in [0.25, 0.3) is 0 Å². The fourth-order valence-electron chi connectivity index (χ4n) is 2.83. The van der Waals surface area contributed by atoms with E-state index in [1.54, 1.807) is 25.3 Å². The summed E-state index contributed by atoms with van der Waals surface area (Å²) < 4.78 is 33.2. The van der Waals surface area contributed by atoms with Crippen LogP contribution in [0.3, 0.4) is 0 Å². The number of nitrogens with zero attached hydrogens (tertiary/aromatic N) is 1. The fraction of sp³-hybridized carbons (Fsp3) is 0.647. The lowest BCUT2D eigenvalue weighted by molar-refractivity contribution is 0.412. The molecule has 0 radical (unpaired) electrons. The van der Waals surface area contributed by atoms with E-state index in [-0.39, 0.29) is 0 Å². The van der Waals surface area contributed by atoms with Gasteiger partial charge < -0.3 is 15.0 Å². The molecule has 0 bridgehead atoms. The van der Waals surface area contributed by atoms with Gasteiger partial charge >= 0.3 is 0 Å². The molecule has 1 heterocycles. The molecule has 1 fully saturated rings. The summed E-state index contributed by atoms with van der Waals surface area (Å²) in [5, 5.41) is 3.30. The molecule has 1 saturated heterocycles. The summed E-state index contributed by atoms with van der Waals surface area (Å²) in [5.41, 5.74) is 0.841. The number of piperazine rings is 1. The molecule has 1 aliphatic heterocycles. The Bertz CT molecular complexity index is 614. The van der Waals surface area contributed by atoms with Crippen molar-refractivity contribution in [3.05, 3.63) is 18.2 Å². The maximum atomic E-state index is 12.5. The summed E-state index contributed by atoms with van der Waals surface area (Å²) in [6.45, 7) is 6.07. The number of hydrogen-bond donors (Lipinski definition) is 2. The summed E-state index contributed by atoms with van der Waals surface area (Å²) >= 11 is 0. The lowest BCUT2D eigenvalue weighted by Gasteiger charge is -2.30. The van der Waals surface area contributed by atoms with Gasteiger partial charge in [-0.2, -0.15) is 0 Å². The van der Waals surface area contributed by atoms with E-state index in [2.05, 4.69) is 21.9 Å². The molecule has 24 heavy (non-hydrogen) atoms. The number of ether oxygens (including phenoxy) is 1. The molecule has 0 spiro atoms. The first-order valence-corrected chi connectivity index (χ1v) is 10.2. The molecule has 2 rings (SSSR count). The zero-order chi connectivity index (χ0) is 17.4. The molecular formula is C17H29N3O3S. The highest BCUT2D eigenvalue weighted by molar-refractivity contribution is 7.89. The predicted octanol–water partition coefficient (Wildman–Crippen LogP) is 1.96. The fourth-order valence-corrected chi connectivity index (χ4v) is 3.93. The Balaban J connectivity index is 2.11. The molecule has 2 N–H and O–H groups in total. The highest BCUT2D eigenvalue weighted by Crippen LogP contribution is 2.31. The predicted molar refractivity (Wildman–Crippen MR) is 97.4 cm³/mol.